The fourth-order valence-corrected chi connectivity index (χ4v) is 3.57. The largest absolute Gasteiger partial charge is 0.456 e. The second kappa shape index (κ2) is 5.28. The van der Waals surface area contributed by atoms with E-state index in [9.17, 15) is 14.0 Å². The standard InChI is InChI=1S/C16H11BrFNO4/c17-8-3-7(1-2-9(8)18)13-14-10(4-22-6-12(14)20)19-11-5-23-16(21)15(11)13/h1-3,13,19H,4-6H2. The number of dihydropyridines is 1. The lowest BCUT2D eigenvalue weighted by atomic mass is 9.78. The van der Waals surface area contributed by atoms with E-state index in [0.29, 0.717) is 28.1 Å². The first-order valence-electron chi connectivity index (χ1n) is 7.02. The van der Waals surface area contributed by atoms with Crippen LogP contribution < -0.4 is 5.32 Å². The highest BCUT2D eigenvalue weighted by Gasteiger charge is 2.43. The molecule has 1 atom stereocenters. The van der Waals surface area contributed by atoms with Crippen LogP contribution in [-0.2, 0) is 19.1 Å². The number of nitrogens with one attached hydrogen (secondary N) is 1. The molecular weight excluding hydrogens is 369 g/mol. The molecule has 3 aliphatic heterocycles. The van der Waals surface area contributed by atoms with Gasteiger partial charge in [-0.3, -0.25) is 4.79 Å². The molecule has 0 aliphatic carbocycles. The first-order chi connectivity index (χ1) is 11.1. The maximum absolute atomic E-state index is 13.6. The molecule has 0 aromatic heterocycles. The molecule has 0 spiro atoms. The molecule has 0 fully saturated rings. The molecule has 0 bridgehead atoms. The molecule has 118 valence electrons. The molecule has 7 heteroatoms. The first-order valence-corrected chi connectivity index (χ1v) is 7.81. The molecule has 0 radical (unpaired) electrons. The van der Waals surface area contributed by atoms with Crippen molar-refractivity contribution in [3.05, 3.63) is 56.6 Å². The summed E-state index contributed by atoms with van der Waals surface area (Å²) in [4.78, 5) is 24.5. The molecule has 3 heterocycles. The number of ether oxygens (including phenoxy) is 2. The van der Waals surface area contributed by atoms with Crippen molar-refractivity contribution in [2.45, 2.75) is 5.92 Å². The second-order valence-corrected chi connectivity index (χ2v) is 6.36. The highest BCUT2D eigenvalue weighted by atomic mass is 79.9. The Balaban J connectivity index is 1.91. The smallest absolute Gasteiger partial charge is 0.337 e. The lowest BCUT2D eigenvalue weighted by molar-refractivity contribution is -0.136. The van der Waals surface area contributed by atoms with Gasteiger partial charge in [0.05, 0.1) is 22.3 Å². The van der Waals surface area contributed by atoms with Crippen LogP contribution >= 0.6 is 15.9 Å². The molecule has 1 aromatic carbocycles. The van der Waals surface area contributed by atoms with E-state index in [1.165, 1.54) is 6.07 Å². The van der Waals surface area contributed by atoms with E-state index in [-0.39, 0.29) is 30.1 Å². The summed E-state index contributed by atoms with van der Waals surface area (Å²) in [5, 5.41) is 3.09. The van der Waals surface area contributed by atoms with Gasteiger partial charge >= 0.3 is 5.97 Å². The number of carbonyl (C=O) groups is 2. The lowest BCUT2D eigenvalue weighted by Gasteiger charge is -2.31. The zero-order chi connectivity index (χ0) is 16.1. The summed E-state index contributed by atoms with van der Waals surface area (Å²) >= 11 is 3.15. The monoisotopic (exact) mass is 379 g/mol. The maximum atomic E-state index is 13.6. The molecule has 1 aromatic rings. The molecule has 0 saturated heterocycles. The predicted octanol–water partition coefficient (Wildman–Crippen LogP) is 1.94. The van der Waals surface area contributed by atoms with E-state index < -0.39 is 17.7 Å². The average molecular weight is 380 g/mol. The van der Waals surface area contributed by atoms with Crippen molar-refractivity contribution in [2.24, 2.45) is 0 Å². The topological polar surface area (TPSA) is 64.6 Å². The molecule has 1 unspecified atom stereocenters. The number of carbonyl (C=O) groups excluding carboxylic acids is 2. The van der Waals surface area contributed by atoms with Crippen molar-refractivity contribution in [1.82, 2.24) is 5.32 Å². The van der Waals surface area contributed by atoms with Gasteiger partial charge in [-0.15, -0.1) is 0 Å². The van der Waals surface area contributed by atoms with Crippen LogP contribution in [0.15, 0.2) is 45.2 Å². The minimum atomic E-state index is -0.565. The number of ketones is 1. The van der Waals surface area contributed by atoms with Gasteiger partial charge < -0.3 is 14.8 Å². The molecule has 3 aliphatic rings. The predicted molar refractivity (Wildman–Crippen MR) is 80.8 cm³/mol. The van der Waals surface area contributed by atoms with Gasteiger partial charge in [0, 0.05) is 17.2 Å². The third-order valence-corrected chi connectivity index (χ3v) is 4.76. The van der Waals surface area contributed by atoms with Crippen LogP contribution in [0.4, 0.5) is 4.39 Å². The second-order valence-electron chi connectivity index (χ2n) is 5.51. The number of hydrogen-bond acceptors (Lipinski definition) is 5. The SMILES string of the molecule is O=C1COCC2=C1C(c1ccc(F)c(Br)c1)C1=C(COC1=O)N2. The Hall–Kier alpha value is -1.99. The maximum Gasteiger partial charge on any atom is 0.337 e. The van der Waals surface area contributed by atoms with Crippen molar-refractivity contribution in [3.8, 4) is 0 Å². The van der Waals surface area contributed by atoms with E-state index in [0.717, 1.165) is 0 Å². The van der Waals surface area contributed by atoms with Crippen molar-refractivity contribution >= 4 is 27.7 Å². The van der Waals surface area contributed by atoms with Crippen LogP contribution in [0, 0.1) is 5.82 Å². The number of hydrogen-bond donors (Lipinski definition) is 1. The Morgan fingerprint density at radius 1 is 1.13 bits per heavy atom. The van der Waals surface area contributed by atoms with Crippen molar-refractivity contribution in [1.29, 1.82) is 0 Å². The van der Waals surface area contributed by atoms with Gasteiger partial charge in [0.15, 0.2) is 5.78 Å². The van der Waals surface area contributed by atoms with Crippen LogP contribution in [0.1, 0.15) is 11.5 Å². The highest BCUT2D eigenvalue weighted by molar-refractivity contribution is 9.10. The number of rotatable bonds is 1. The Labute approximate surface area is 139 Å². The van der Waals surface area contributed by atoms with Gasteiger partial charge in [-0.2, -0.15) is 0 Å². The molecule has 4 rings (SSSR count). The summed E-state index contributed by atoms with van der Waals surface area (Å²) in [7, 11) is 0. The van der Waals surface area contributed by atoms with Crippen LogP contribution in [0.2, 0.25) is 0 Å². The summed E-state index contributed by atoms with van der Waals surface area (Å²) in [5.41, 5.74) is 2.85. The van der Waals surface area contributed by atoms with E-state index >= 15 is 0 Å². The van der Waals surface area contributed by atoms with Gasteiger partial charge in [-0.25, -0.2) is 9.18 Å². The number of cyclic esters (lactones) is 1. The van der Waals surface area contributed by atoms with E-state index in [1.54, 1.807) is 12.1 Å². The van der Waals surface area contributed by atoms with Gasteiger partial charge in [0.1, 0.15) is 19.0 Å². The highest BCUT2D eigenvalue weighted by Crippen LogP contribution is 2.42. The zero-order valence-electron chi connectivity index (χ0n) is 11.8. The third-order valence-electron chi connectivity index (χ3n) is 4.15. The number of halogens is 2. The number of Topliss-reactive ketones (excluding diaryl/α,β-unsaturated/α-hetero) is 1. The van der Waals surface area contributed by atoms with Gasteiger partial charge in [-0.1, -0.05) is 6.07 Å². The Morgan fingerprint density at radius 2 is 1.91 bits per heavy atom. The van der Waals surface area contributed by atoms with E-state index in [2.05, 4.69) is 21.2 Å². The quantitative estimate of drug-likeness (QED) is 0.755. The van der Waals surface area contributed by atoms with Crippen LogP contribution in [0.5, 0.6) is 0 Å². The molecule has 5 nitrogen and oxygen atoms in total. The molecule has 0 amide bonds. The minimum absolute atomic E-state index is 0.0307. The molecular formula is C16H11BrFNO4. The van der Waals surface area contributed by atoms with Crippen molar-refractivity contribution < 1.29 is 23.5 Å². The van der Waals surface area contributed by atoms with Gasteiger partial charge in [-0.05, 0) is 33.6 Å². The average Bonchev–Trinajstić information content (AvgIpc) is 2.90. The normalized spacial score (nSPS) is 23.5. The Morgan fingerprint density at radius 3 is 2.70 bits per heavy atom. The Kier molecular flexibility index (Phi) is 3.35. The number of benzene rings is 1. The summed E-state index contributed by atoms with van der Waals surface area (Å²) in [6.45, 7) is 0.375. The fourth-order valence-electron chi connectivity index (χ4n) is 3.17. The summed E-state index contributed by atoms with van der Waals surface area (Å²) in [6.07, 6.45) is 0. The van der Waals surface area contributed by atoms with Crippen molar-refractivity contribution in [2.75, 3.05) is 19.8 Å². The van der Waals surface area contributed by atoms with E-state index in [1.807, 2.05) is 0 Å². The minimum Gasteiger partial charge on any atom is -0.456 e. The van der Waals surface area contributed by atoms with Crippen molar-refractivity contribution in [3.63, 3.8) is 0 Å². The van der Waals surface area contributed by atoms with Gasteiger partial charge in [0.25, 0.3) is 0 Å². The van der Waals surface area contributed by atoms with Crippen LogP contribution in [0.3, 0.4) is 0 Å². The van der Waals surface area contributed by atoms with E-state index in [4.69, 9.17) is 9.47 Å². The molecule has 1 N–H and O–H groups in total. The fraction of sp³-hybridized carbons (Fsp3) is 0.250. The first kappa shape index (κ1) is 14.6. The molecule has 23 heavy (non-hydrogen) atoms. The number of esters is 1. The molecule has 0 saturated carbocycles. The summed E-state index contributed by atoms with van der Waals surface area (Å²) in [5.74, 6) is -1.61. The Bertz CT molecular complexity index is 814. The third kappa shape index (κ3) is 2.22. The van der Waals surface area contributed by atoms with Gasteiger partial charge in [0.2, 0.25) is 0 Å². The van der Waals surface area contributed by atoms with Crippen LogP contribution in [-0.4, -0.2) is 31.6 Å². The zero-order valence-corrected chi connectivity index (χ0v) is 13.4. The summed E-state index contributed by atoms with van der Waals surface area (Å²) in [6, 6.07) is 4.49. The van der Waals surface area contributed by atoms with Crippen LogP contribution in [0.25, 0.3) is 0 Å². The summed E-state index contributed by atoms with van der Waals surface area (Å²) < 4.78 is 24.2. The lowest BCUT2D eigenvalue weighted by Crippen LogP contribution is -2.37.